The van der Waals surface area contributed by atoms with Crippen LogP contribution in [0.4, 0.5) is 11.5 Å². The van der Waals surface area contributed by atoms with Gasteiger partial charge in [0.15, 0.2) is 0 Å². The Morgan fingerprint density at radius 1 is 1.53 bits per heavy atom. The number of amides is 1. The number of halogens is 1. The minimum atomic E-state index is -0.252. The van der Waals surface area contributed by atoms with Crippen LogP contribution in [0.2, 0.25) is 5.02 Å². The summed E-state index contributed by atoms with van der Waals surface area (Å²) in [4.78, 5) is 11.8. The van der Waals surface area contributed by atoms with Crippen LogP contribution in [0.15, 0.2) is 30.5 Å². The van der Waals surface area contributed by atoms with Crippen LogP contribution >= 0.6 is 11.6 Å². The largest absolute Gasteiger partial charge is 0.497 e. The molecule has 0 unspecified atom stereocenters. The number of anilines is 2. The van der Waals surface area contributed by atoms with Gasteiger partial charge in [0, 0.05) is 12.3 Å². The van der Waals surface area contributed by atoms with E-state index in [1.165, 1.54) is 4.68 Å². The van der Waals surface area contributed by atoms with Crippen molar-refractivity contribution in [3.8, 4) is 5.75 Å². The van der Waals surface area contributed by atoms with Gasteiger partial charge in [0.1, 0.15) is 18.1 Å². The molecule has 6 nitrogen and oxygen atoms in total. The number of nitrogens with two attached hydrogens (primary N) is 1. The van der Waals surface area contributed by atoms with Gasteiger partial charge in [0.25, 0.3) is 0 Å². The van der Waals surface area contributed by atoms with E-state index < -0.39 is 0 Å². The Hall–Kier alpha value is -2.21. The third-order valence-electron chi connectivity index (χ3n) is 2.41. The topological polar surface area (TPSA) is 82.2 Å². The number of hydrogen-bond acceptors (Lipinski definition) is 4. The van der Waals surface area contributed by atoms with Crippen molar-refractivity contribution in [1.29, 1.82) is 0 Å². The smallest absolute Gasteiger partial charge is 0.246 e. The average Bonchev–Trinajstić information content (AvgIpc) is 2.77. The van der Waals surface area contributed by atoms with Crippen LogP contribution < -0.4 is 15.8 Å². The summed E-state index contributed by atoms with van der Waals surface area (Å²) in [5.41, 5.74) is 5.96. The lowest BCUT2D eigenvalue weighted by Crippen LogP contribution is -2.19. The summed E-state index contributed by atoms with van der Waals surface area (Å²) >= 11 is 5.99. The number of methoxy groups -OCH3 is 1. The molecular formula is C12H13ClN4O2. The van der Waals surface area contributed by atoms with Gasteiger partial charge in [-0.05, 0) is 18.2 Å². The fraction of sp³-hybridized carbons (Fsp3) is 0.167. The molecule has 0 saturated carbocycles. The van der Waals surface area contributed by atoms with Gasteiger partial charge >= 0.3 is 0 Å². The van der Waals surface area contributed by atoms with Gasteiger partial charge in [-0.3, -0.25) is 9.48 Å². The molecule has 0 fully saturated rings. The first-order chi connectivity index (χ1) is 9.08. The van der Waals surface area contributed by atoms with Crippen molar-refractivity contribution in [3.63, 3.8) is 0 Å². The predicted molar refractivity (Wildman–Crippen MR) is 73.3 cm³/mol. The monoisotopic (exact) mass is 280 g/mol. The highest BCUT2D eigenvalue weighted by atomic mass is 35.5. The zero-order valence-electron chi connectivity index (χ0n) is 10.3. The molecular weight excluding hydrogens is 268 g/mol. The average molecular weight is 281 g/mol. The normalized spacial score (nSPS) is 10.2. The second kappa shape index (κ2) is 5.62. The molecule has 0 spiro atoms. The molecule has 0 aliphatic carbocycles. The molecule has 0 aliphatic heterocycles. The number of rotatable bonds is 4. The SMILES string of the molecule is COc1ccc(Cl)c(NC(=O)Cn2ccc(N)n2)c1. The highest BCUT2D eigenvalue weighted by molar-refractivity contribution is 6.33. The lowest BCUT2D eigenvalue weighted by Gasteiger charge is -2.09. The zero-order valence-corrected chi connectivity index (χ0v) is 11.0. The third kappa shape index (κ3) is 3.38. The van der Waals surface area contributed by atoms with E-state index in [9.17, 15) is 4.79 Å². The van der Waals surface area contributed by atoms with Gasteiger partial charge < -0.3 is 15.8 Å². The fourth-order valence-electron chi connectivity index (χ4n) is 1.53. The van der Waals surface area contributed by atoms with Gasteiger partial charge in [0.05, 0.1) is 17.8 Å². The number of ether oxygens (including phenoxy) is 1. The number of carbonyl (C=O) groups excluding carboxylic acids is 1. The highest BCUT2D eigenvalue weighted by Crippen LogP contribution is 2.26. The fourth-order valence-corrected chi connectivity index (χ4v) is 1.69. The molecule has 0 bridgehead atoms. The first-order valence-electron chi connectivity index (χ1n) is 5.51. The minimum Gasteiger partial charge on any atom is -0.497 e. The van der Waals surface area contributed by atoms with Crippen molar-refractivity contribution in [1.82, 2.24) is 9.78 Å². The van der Waals surface area contributed by atoms with E-state index in [0.717, 1.165) is 0 Å². The number of nitrogens with one attached hydrogen (secondary N) is 1. The number of aromatic nitrogens is 2. The van der Waals surface area contributed by atoms with Crippen LogP contribution in [0.1, 0.15) is 0 Å². The Kier molecular flexibility index (Phi) is 3.91. The maximum atomic E-state index is 11.8. The Morgan fingerprint density at radius 3 is 2.95 bits per heavy atom. The van der Waals surface area contributed by atoms with Crippen molar-refractivity contribution in [2.75, 3.05) is 18.2 Å². The maximum Gasteiger partial charge on any atom is 0.246 e. The Labute approximate surface area is 115 Å². The summed E-state index contributed by atoms with van der Waals surface area (Å²) in [5.74, 6) is 0.730. The van der Waals surface area contributed by atoms with Crippen LogP contribution in [0.3, 0.4) is 0 Å². The molecule has 0 saturated heterocycles. The molecule has 0 aliphatic rings. The van der Waals surface area contributed by atoms with Gasteiger partial charge in [-0.1, -0.05) is 11.6 Å². The number of carbonyl (C=O) groups is 1. The van der Waals surface area contributed by atoms with E-state index >= 15 is 0 Å². The second-order valence-electron chi connectivity index (χ2n) is 3.83. The van der Waals surface area contributed by atoms with Crippen molar-refractivity contribution in [3.05, 3.63) is 35.5 Å². The summed E-state index contributed by atoms with van der Waals surface area (Å²) in [6.45, 7) is 0.0603. The molecule has 0 radical (unpaired) electrons. The first kappa shape index (κ1) is 13.2. The molecule has 1 heterocycles. The number of hydrogen-bond donors (Lipinski definition) is 2. The Bertz CT molecular complexity index is 597. The van der Waals surface area contributed by atoms with E-state index in [-0.39, 0.29) is 12.5 Å². The van der Waals surface area contributed by atoms with E-state index in [0.29, 0.717) is 22.3 Å². The van der Waals surface area contributed by atoms with Crippen molar-refractivity contribution in [2.45, 2.75) is 6.54 Å². The lowest BCUT2D eigenvalue weighted by atomic mass is 10.3. The van der Waals surface area contributed by atoms with Crippen LogP contribution in [0, 0.1) is 0 Å². The summed E-state index contributed by atoms with van der Waals surface area (Å²) in [5, 5.41) is 7.05. The number of nitrogens with zero attached hydrogens (tertiary/aromatic N) is 2. The molecule has 0 atom stereocenters. The predicted octanol–water partition coefficient (Wildman–Crippen LogP) is 1.77. The van der Waals surface area contributed by atoms with Crippen molar-refractivity contribution < 1.29 is 9.53 Å². The number of nitrogen functional groups attached to an aromatic ring is 1. The minimum absolute atomic E-state index is 0.0603. The van der Waals surface area contributed by atoms with E-state index in [1.807, 2.05) is 0 Å². The molecule has 19 heavy (non-hydrogen) atoms. The van der Waals surface area contributed by atoms with E-state index in [2.05, 4.69) is 10.4 Å². The van der Waals surface area contributed by atoms with Crippen LogP contribution in [-0.4, -0.2) is 22.8 Å². The Morgan fingerprint density at radius 2 is 2.32 bits per heavy atom. The highest BCUT2D eigenvalue weighted by Gasteiger charge is 2.08. The maximum absolute atomic E-state index is 11.8. The summed E-state index contributed by atoms with van der Waals surface area (Å²) < 4.78 is 6.51. The van der Waals surface area contributed by atoms with E-state index in [4.69, 9.17) is 22.1 Å². The first-order valence-corrected chi connectivity index (χ1v) is 5.88. The summed E-state index contributed by atoms with van der Waals surface area (Å²) in [6.07, 6.45) is 1.63. The van der Waals surface area contributed by atoms with Crippen molar-refractivity contribution in [2.24, 2.45) is 0 Å². The van der Waals surface area contributed by atoms with Crippen LogP contribution in [0.5, 0.6) is 5.75 Å². The van der Waals surface area contributed by atoms with Gasteiger partial charge in [0.2, 0.25) is 5.91 Å². The molecule has 1 aromatic carbocycles. The summed E-state index contributed by atoms with van der Waals surface area (Å²) in [7, 11) is 1.54. The van der Waals surface area contributed by atoms with Gasteiger partial charge in [-0.25, -0.2) is 0 Å². The molecule has 3 N–H and O–H groups in total. The standard InChI is InChI=1S/C12H13ClN4O2/c1-19-8-2-3-9(13)10(6-8)15-12(18)7-17-5-4-11(14)16-17/h2-6H,7H2,1H3,(H2,14,16)(H,15,18). The van der Waals surface area contributed by atoms with E-state index in [1.54, 1.807) is 37.6 Å². The molecule has 100 valence electrons. The zero-order chi connectivity index (χ0) is 13.8. The Balaban J connectivity index is 2.06. The van der Waals surface area contributed by atoms with Crippen LogP contribution in [0.25, 0.3) is 0 Å². The molecule has 1 amide bonds. The third-order valence-corrected chi connectivity index (χ3v) is 2.74. The quantitative estimate of drug-likeness (QED) is 0.894. The lowest BCUT2D eigenvalue weighted by molar-refractivity contribution is -0.116. The molecule has 2 rings (SSSR count). The molecule has 1 aromatic heterocycles. The number of benzene rings is 1. The molecule has 7 heteroatoms. The van der Waals surface area contributed by atoms with Crippen molar-refractivity contribution >= 4 is 29.0 Å². The summed E-state index contributed by atoms with van der Waals surface area (Å²) in [6, 6.07) is 6.64. The van der Waals surface area contributed by atoms with Gasteiger partial charge in [-0.2, -0.15) is 5.10 Å². The molecule has 2 aromatic rings. The van der Waals surface area contributed by atoms with Gasteiger partial charge in [-0.15, -0.1) is 0 Å². The van der Waals surface area contributed by atoms with Crippen LogP contribution in [-0.2, 0) is 11.3 Å². The second-order valence-corrected chi connectivity index (χ2v) is 4.24.